The van der Waals surface area contributed by atoms with Crippen molar-refractivity contribution in [2.45, 2.75) is 26.1 Å². The molecule has 0 amide bonds. The van der Waals surface area contributed by atoms with Crippen LogP contribution in [0.3, 0.4) is 0 Å². The van der Waals surface area contributed by atoms with Crippen molar-refractivity contribution in [1.82, 2.24) is 0 Å². The van der Waals surface area contributed by atoms with E-state index in [4.69, 9.17) is 5.11 Å². The fourth-order valence-electron chi connectivity index (χ4n) is 1.04. The molecule has 0 radical (unpaired) electrons. The summed E-state index contributed by atoms with van der Waals surface area (Å²) in [5.41, 5.74) is 1.91. The Balaban J connectivity index is 2.82. The number of benzene rings is 1. The van der Waals surface area contributed by atoms with E-state index in [1.807, 2.05) is 31.2 Å². The van der Waals surface area contributed by atoms with Crippen LogP contribution in [0, 0.1) is 6.92 Å². The van der Waals surface area contributed by atoms with Crippen LogP contribution in [-0.2, 0) is 0 Å². The third kappa shape index (κ3) is 2.06. The first-order valence-corrected chi connectivity index (χ1v) is 4.04. The minimum atomic E-state index is -0.773. The summed E-state index contributed by atoms with van der Waals surface area (Å²) >= 11 is 0. The molecule has 1 rings (SSSR count). The molecule has 1 aromatic rings. The van der Waals surface area contributed by atoms with Gasteiger partial charge in [0.15, 0.2) is 0 Å². The summed E-state index contributed by atoms with van der Waals surface area (Å²) in [6.45, 7) is 3.56. The molecule has 0 aliphatic carbocycles. The third-order valence-corrected chi connectivity index (χ3v) is 1.88. The normalized spacial score (nSPS) is 15.7. The van der Waals surface area contributed by atoms with Crippen molar-refractivity contribution in [2.75, 3.05) is 0 Å². The van der Waals surface area contributed by atoms with Crippen LogP contribution >= 0.6 is 0 Å². The molecule has 0 saturated carbocycles. The van der Waals surface area contributed by atoms with E-state index in [0.717, 1.165) is 11.1 Å². The highest BCUT2D eigenvalue weighted by Crippen LogP contribution is 2.16. The van der Waals surface area contributed by atoms with Gasteiger partial charge in [-0.25, -0.2) is 0 Å². The molecule has 66 valence electrons. The van der Waals surface area contributed by atoms with Gasteiger partial charge in [0.25, 0.3) is 0 Å². The number of aliphatic hydroxyl groups is 2. The summed E-state index contributed by atoms with van der Waals surface area (Å²) < 4.78 is 0. The lowest BCUT2D eigenvalue weighted by atomic mass is 10.0. The molecule has 2 atom stereocenters. The van der Waals surface area contributed by atoms with Gasteiger partial charge in [-0.05, 0) is 19.4 Å². The average molecular weight is 166 g/mol. The van der Waals surface area contributed by atoms with Crippen molar-refractivity contribution >= 4 is 0 Å². The number of aliphatic hydroxyl groups excluding tert-OH is 2. The number of hydrogen-bond donors (Lipinski definition) is 2. The minimum Gasteiger partial charge on any atom is -0.390 e. The first-order valence-electron chi connectivity index (χ1n) is 4.04. The zero-order valence-electron chi connectivity index (χ0n) is 7.36. The predicted octanol–water partition coefficient (Wildman–Crippen LogP) is 1.41. The van der Waals surface area contributed by atoms with Crippen LogP contribution in [-0.4, -0.2) is 16.3 Å². The van der Waals surface area contributed by atoms with E-state index < -0.39 is 12.2 Å². The van der Waals surface area contributed by atoms with Crippen molar-refractivity contribution in [3.05, 3.63) is 35.4 Å². The SMILES string of the molecule is Cc1ccc(C(O)C(C)O)cc1. The van der Waals surface area contributed by atoms with Gasteiger partial charge >= 0.3 is 0 Å². The maximum absolute atomic E-state index is 9.44. The Labute approximate surface area is 72.5 Å². The predicted molar refractivity (Wildman–Crippen MR) is 47.8 cm³/mol. The van der Waals surface area contributed by atoms with Gasteiger partial charge in [-0.3, -0.25) is 0 Å². The maximum atomic E-state index is 9.44. The van der Waals surface area contributed by atoms with Crippen LogP contribution in [0.1, 0.15) is 24.2 Å². The molecule has 2 unspecified atom stereocenters. The second-order valence-corrected chi connectivity index (χ2v) is 3.10. The summed E-state index contributed by atoms with van der Waals surface area (Å²) in [4.78, 5) is 0. The van der Waals surface area contributed by atoms with Gasteiger partial charge < -0.3 is 10.2 Å². The quantitative estimate of drug-likeness (QED) is 0.697. The molecule has 2 heteroatoms. The third-order valence-electron chi connectivity index (χ3n) is 1.88. The zero-order chi connectivity index (χ0) is 9.14. The van der Waals surface area contributed by atoms with Crippen LogP contribution < -0.4 is 0 Å². The molecule has 0 heterocycles. The zero-order valence-corrected chi connectivity index (χ0v) is 7.36. The summed E-state index contributed by atoms with van der Waals surface area (Å²) in [7, 11) is 0. The second-order valence-electron chi connectivity index (χ2n) is 3.10. The minimum absolute atomic E-state index is 0.715. The van der Waals surface area contributed by atoms with Gasteiger partial charge in [-0.1, -0.05) is 29.8 Å². The molecule has 0 spiro atoms. The fourth-order valence-corrected chi connectivity index (χ4v) is 1.04. The summed E-state index contributed by atoms with van der Waals surface area (Å²) in [5, 5.41) is 18.5. The van der Waals surface area contributed by atoms with E-state index in [0.29, 0.717) is 0 Å². The van der Waals surface area contributed by atoms with Gasteiger partial charge in [0.1, 0.15) is 6.10 Å². The summed E-state index contributed by atoms with van der Waals surface area (Å²) in [6.07, 6.45) is -1.49. The summed E-state index contributed by atoms with van der Waals surface area (Å²) in [5.74, 6) is 0. The van der Waals surface area contributed by atoms with Gasteiger partial charge in [0.05, 0.1) is 6.10 Å². The maximum Gasteiger partial charge on any atom is 0.105 e. The van der Waals surface area contributed by atoms with Crippen molar-refractivity contribution in [3.8, 4) is 0 Å². The van der Waals surface area contributed by atoms with Crippen LogP contribution in [0.4, 0.5) is 0 Å². The fraction of sp³-hybridized carbons (Fsp3) is 0.400. The smallest absolute Gasteiger partial charge is 0.105 e. The van der Waals surface area contributed by atoms with E-state index in [1.54, 1.807) is 6.92 Å². The number of hydrogen-bond acceptors (Lipinski definition) is 2. The Kier molecular flexibility index (Phi) is 2.84. The molecule has 2 nitrogen and oxygen atoms in total. The molecule has 0 bridgehead atoms. The Hall–Kier alpha value is -0.860. The first kappa shape index (κ1) is 9.23. The molecule has 0 aromatic heterocycles. The first-order chi connectivity index (χ1) is 5.61. The Morgan fingerprint density at radius 3 is 2.00 bits per heavy atom. The van der Waals surface area contributed by atoms with Gasteiger partial charge in [-0.2, -0.15) is 0 Å². The van der Waals surface area contributed by atoms with Crippen LogP contribution in [0.5, 0.6) is 0 Å². The Bertz CT molecular complexity index is 239. The molecular weight excluding hydrogens is 152 g/mol. The van der Waals surface area contributed by atoms with E-state index >= 15 is 0 Å². The van der Waals surface area contributed by atoms with Gasteiger partial charge in [0.2, 0.25) is 0 Å². The van der Waals surface area contributed by atoms with E-state index in [2.05, 4.69) is 0 Å². The van der Waals surface area contributed by atoms with E-state index in [1.165, 1.54) is 0 Å². The molecule has 12 heavy (non-hydrogen) atoms. The monoisotopic (exact) mass is 166 g/mol. The van der Waals surface area contributed by atoms with Crippen molar-refractivity contribution in [1.29, 1.82) is 0 Å². The molecule has 1 aromatic carbocycles. The highest BCUT2D eigenvalue weighted by molar-refractivity contribution is 5.23. The molecular formula is C10H14O2. The molecule has 2 N–H and O–H groups in total. The topological polar surface area (TPSA) is 40.5 Å². The second kappa shape index (κ2) is 3.70. The number of rotatable bonds is 2. The average Bonchev–Trinajstić information content (AvgIpc) is 2.04. The van der Waals surface area contributed by atoms with E-state index in [-0.39, 0.29) is 0 Å². The van der Waals surface area contributed by atoms with E-state index in [9.17, 15) is 5.11 Å². The van der Waals surface area contributed by atoms with Crippen LogP contribution in [0.25, 0.3) is 0 Å². The van der Waals surface area contributed by atoms with Gasteiger partial charge in [0, 0.05) is 0 Å². The molecule has 0 saturated heterocycles. The Morgan fingerprint density at radius 1 is 1.08 bits per heavy atom. The lowest BCUT2D eigenvalue weighted by Crippen LogP contribution is -2.13. The highest BCUT2D eigenvalue weighted by atomic mass is 16.3. The van der Waals surface area contributed by atoms with Gasteiger partial charge in [-0.15, -0.1) is 0 Å². The molecule has 0 aliphatic heterocycles. The lowest BCUT2D eigenvalue weighted by molar-refractivity contribution is 0.0305. The summed E-state index contributed by atoms with van der Waals surface area (Å²) in [6, 6.07) is 7.49. The van der Waals surface area contributed by atoms with Crippen LogP contribution in [0.15, 0.2) is 24.3 Å². The highest BCUT2D eigenvalue weighted by Gasteiger charge is 2.12. The standard InChI is InChI=1S/C10H14O2/c1-7-3-5-9(6-4-7)10(12)8(2)11/h3-6,8,10-12H,1-2H3. The molecule has 0 fully saturated rings. The van der Waals surface area contributed by atoms with Crippen molar-refractivity contribution in [3.63, 3.8) is 0 Å². The lowest BCUT2D eigenvalue weighted by Gasteiger charge is -2.13. The largest absolute Gasteiger partial charge is 0.390 e. The van der Waals surface area contributed by atoms with Crippen molar-refractivity contribution in [2.24, 2.45) is 0 Å². The Morgan fingerprint density at radius 2 is 1.58 bits per heavy atom. The molecule has 0 aliphatic rings. The number of aryl methyl sites for hydroxylation is 1. The van der Waals surface area contributed by atoms with Crippen molar-refractivity contribution < 1.29 is 10.2 Å². The van der Waals surface area contributed by atoms with Crippen LogP contribution in [0.2, 0.25) is 0 Å².